The predicted octanol–water partition coefficient (Wildman–Crippen LogP) is 2.94. The molecule has 0 spiro atoms. The van der Waals surface area contributed by atoms with Crippen molar-refractivity contribution in [2.75, 3.05) is 7.11 Å². The van der Waals surface area contributed by atoms with Crippen molar-refractivity contribution in [2.24, 2.45) is 5.92 Å². The van der Waals surface area contributed by atoms with Gasteiger partial charge in [-0.05, 0) is 30.9 Å². The molecule has 1 fully saturated rings. The molecule has 8 heteroatoms. The third kappa shape index (κ3) is 3.16. The van der Waals surface area contributed by atoms with Crippen LogP contribution in [0.5, 0.6) is 5.75 Å². The zero-order valence-corrected chi connectivity index (χ0v) is 13.2. The van der Waals surface area contributed by atoms with E-state index in [4.69, 9.17) is 4.74 Å². The third-order valence-electron chi connectivity index (χ3n) is 3.74. The van der Waals surface area contributed by atoms with Crippen LogP contribution < -0.4 is 10.1 Å². The van der Waals surface area contributed by atoms with Crippen molar-refractivity contribution in [2.45, 2.75) is 18.9 Å². The Hall–Kier alpha value is -2.48. The largest absolute Gasteiger partial charge is 0.490 e. The van der Waals surface area contributed by atoms with E-state index in [-0.39, 0.29) is 23.0 Å². The highest BCUT2D eigenvalue weighted by molar-refractivity contribution is 7.09. The number of nitro benzene ring substituents is 1. The van der Waals surface area contributed by atoms with Crippen molar-refractivity contribution < 1.29 is 14.5 Å². The van der Waals surface area contributed by atoms with Crippen LogP contribution in [-0.2, 0) is 0 Å². The number of nitro groups is 1. The van der Waals surface area contributed by atoms with Gasteiger partial charge in [0.2, 0.25) is 0 Å². The number of nitrogens with one attached hydrogen (secondary N) is 1. The number of amides is 1. The maximum atomic E-state index is 12.6. The lowest BCUT2D eigenvalue weighted by atomic mass is 10.1. The molecule has 1 aliphatic rings. The number of carbonyl (C=O) groups excluding carboxylic acids is 1. The Morgan fingerprint density at radius 3 is 2.87 bits per heavy atom. The van der Waals surface area contributed by atoms with E-state index in [1.807, 2.05) is 5.38 Å². The zero-order chi connectivity index (χ0) is 16.4. The molecule has 23 heavy (non-hydrogen) atoms. The number of ether oxygens (including phenoxy) is 1. The second kappa shape index (κ2) is 6.33. The van der Waals surface area contributed by atoms with Crippen LogP contribution in [-0.4, -0.2) is 22.9 Å². The summed E-state index contributed by atoms with van der Waals surface area (Å²) in [7, 11) is 1.34. The van der Waals surface area contributed by atoms with Gasteiger partial charge >= 0.3 is 5.69 Å². The van der Waals surface area contributed by atoms with Gasteiger partial charge in [-0.2, -0.15) is 0 Å². The first kappa shape index (κ1) is 15.4. The van der Waals surface area contributed by atoms with Gasteiger partial charge in [0.05, 0.1) is 18.1 Å². The average molecular weight is 333 g/mol. The summed E-state index contributed by atoms with van der Waals surface area (Å²) in [5.41, 5.74) is -0.322. The number of para-hydroxylation sites is 1. The molecule has 1 heterocycles. The molecule has 1 unspecified atom stereocenters. The van der Waals surface area contributed by atoms with Crippen molar-refractivity contribution in [1.82, 2.24) is 10.3 Å². The molecule has 1 aromatic carbocycles. The second-order valence-electron chi connectivity index (χ2n) is 5.27. The first-order valence-corrected chi connectivity index (χ1v) is 8.01. The first-order chi connectivity index (χ1) is 11.1. The van der Waals surface area contributed by atoms with Gasteiger partial charge in [-0.1, -0.05) is 6.07 Å². The van der Waals surface area contributed by atoms with Crippen LogP contribution in [0.25, 0.3) is 0 Å². The standard InChI is InChI=1S/C15H15N3O4S/c1-22-11-4-2-3-10(13(11)18(20)21)14(19)17-12(9-5-6-9)15-16-7-8-23-15/h2-4,7-9,12H,5-6H2,1H3,(H,17,19). The van der Waals surface area contributed by atoms with Crippen molar-refractivity contribution in [3.63, 3.8) is 0 Å². The summed E-state index contributed by atoms with van der Waals surface area (Å²) in [4.78, 5) is 27.6. The molecular formula is C15H15N3O4S. The molecule has 120 valence electrons. The molecule has 7 nitrogen and oxygen atoms in total. The smallest absolute Gasteiger partial charge is 0.323 e. The Labute approximate surface area is 136 Å². The molecule has 0 bridgehead atoms. The van der Waals surface area contributed by atoms with E-state index in [0.717, 1.165) is 17.8 Å². The quantitative estimate of drug-likeness (QED) is 0.648. The molecule has 1 amide bonds. The number of methoxy groups -OCH3 is 1. The average Bonchev–Trinajstić information content (AvgIpc) is 3.25. The Kier molecular flexibility index (Phi) is 4.24. The van der Waals surface area contributed by atoms with Gasteiger partial charge < -0.3 is 10.1 Å². The van der Waals surface area contributed by atoms with E-state index in [2.05, 4.69) is 10.3 Å². The Morgan fingerprint density at radius 2 is 2.30 bits per heavy atom. The lowest BCUT2D eigenvalue weighted by Crippen LogP contribution is -2.30. The Morgan fingerprint density at radius 1 is 1.52 bits per heavy atom. The van der Waals surface area contributed by atoms with Gasteiger partial charge in [0.15, 0.2) is 5.75 Å². The maximum Gasteiger partial charge on any atom is 0.323 e. The van der Waals surface area contributed by atoms with Crippen LogP contribution >= 0.6 is 11.3 Å². The van der Waals surface area contributed by atoms with Crippen LogP contribution in [0.15, 0.2) is 29.8 Å². The van der Waals surface area contributed by atoms with Gasteiger partial charge in [0, 0.05) is 11.6 Å². The molecule has 1 aromatic heterocycles. The summed E-state index contributed by atoms with van der Waals surface area (Å²) >= 11 is 1.47. The molecule has 0 aliphatic heterocycles. The summed E-state index contributed by atoms with van der Waals surface area (Å²) < 4.78 is 5.00. The number of nitrogens with zero attached hydrogens (tertiary/aromatic N) is 2. The van der Waals surface area contributed by atoms with Gasteiger partial charge in [0.1, 0.15) is 10.6 Å². The second-order valence-corrected chi connectivity index (χ2v) is 6.20. The molecule has 0 radical (unpaired) electrons. The zero-order valence-electron chi connectivity index (χ0n) is 12.4. The van der Waals surface area contributed by atoms with Gasteiger partial charge in [0.25, 0.3) is 5.91 Å². The van der Waals surface area contributed by atoms with Crippen LogP contribution in [0.2, 0.25) is 0 Å². The van der Waals surface area contributed by atoms with Crippen molar-refractivity contribution in [3.8, 4) is 5.75 Å². The van der Waals surface area contributed by atoms with Gasteiger partial charge in [-0.25, -0.2) is 4.98 Å². The van der Waals surface area contributed by atoms with E-state index in [1.54, 1.807) is 12.3 Å². The summed E-state index contributed by atoms with van der Waals surface area (Å²) in [6.07, 6.45) is 3.73. The molecule has 2 aromatic rings. The number of aromatic nitrogens is 1. The van der Waals surface area contributed by atoms with E-state index in [9.17, 15) is 14.9 Å². The van der Waals surface area contributed by atoms with Crippen LogP contribution in [0.1, 0.15) is 34.2 Å². The predicted molar refractivity (Wildman–Crippen MR) is 84.7 cm³/mol. The maximum absolute atomic E-state index is 12.6. The van der Waals surface area contributed by atoms with Crippen LogP contribution in [0.3, 0.4) is 0 Å². The minimum Gasteiger partial charge on any atom is -0.490 e. The van der Waals surface area contributed by atoms with Crippen LogP contribution in [0.4, 0.5) is 5.69 Å². The van der Waals surface area contributed by atoms with Gasteiger partial charge in [-0.3, -0.25) is 14.9 Å². The van der Waals surface area contributed by atoms with Gasteiger partial charge in [-0.15, -0.1) is 11.3 Å². The highest BCUT2D eigenvalue weighted by atomic mass is 32.1. The number of rotatable bonds is 6. The van der Waals surface area contributed by atoms with Crippen molar-refractivity contribution in [3.05, 3.63) is 50.5 Å². The molecule has 1 atom stereocenters. The monoisotopic (exact) mass is 333 g/mol. The number of carbonyl (C=O) groups is 1. The van der Waals surface area contributed by atoms with E-state index >= 15 is 0 Å². The van der Waals surface area contributed by atoms with E-state index in [0.29, 0.717) is 5.92 Å². The molecular weight excluding hydrogens is 318 g/mol. The lowest BCUT2D eigenvalue weighted by molar-refractivity contribution is -0.386. The minimum atomic E-state index is -0.594. The number of hydrogen-bond donors (Lipinski definition) is 1. The SMILES string of the molecule is COc1cccc(C(=O)NC(c2nccs2)C2CC2)c1[N+](=O)[O-]. The summed E-state index contributed by atoms with van der Waals surface area (Å²) in [5.74, 6) is -0.0719. The summed E-state index contributed by atoms with van der Waals surface area (Å²) in [5, 5.41) is 16.9. The van der Waals surface area contributed by atoms with E-state index in [1.165, 1.54) is 30.6 Å². The number of hydrogen-bond acceptors (Lipinski definition) is 6. The highest BCUT2D eigenvalue weighted by Crippen LogP contribution is 2.42. The third-order valence-corrected chi connectivity index (χ3v) is 4.60. The van der Waals surface area contributed by atoms with E-state index < -0.39 is 10.8 Å². The number of thiazole rings is 1. The van der Waals surface area contributed by atoms with Crippen molar-refractivity contribution >= 4 is 22.9 Å². The molecule has 3 rings (SSSR count). The lowest BCUT2D eigenvalue weighted by Gasteiger charge is -2.16. The highest BCUT2D eigenvalue weighted by Gasteiger charge is 2.36. The Balaban J connectivity index is 1.90. The normalized spacial score (nSPS) is 15.0. The fraction of sp³-hybridized carbons (Fsp3) is 0.333. The molecule has 0 saturated heterocycles. The molecule has 1 saturated carbocycles. The fourth-order valence-corrected chi connectivity index (χ4v) is 3.26. The molecule has 1 N–H and O–H groups in total. The Bertz CT molecular complexity index is 728. The molecule has 1 aliphatic carbocycles. The fourth-order valence-electron chi connectivity index (χ4n) is 2.48. The number of benzene rings is 1. The summed E-state index contributed by atoms with van der Waals surface area (Å²) in [6, 6.07) is 4.26. The topological polar surface area (TPSA) is 94.4 Å². The first-order valence-electron chi connectivity index (χ1n) is 7.13. The summed E-state index contributed by atoms with van der Waals surface area (Å²) in [6.45, 7) is 0. The van der Waals surface area contributed by atoms with Crippen molar-refractivity contribution in [1.29, 1.82) is 0 Å². The van der Waals surface area contributed by atoms with Crippen LogP contribution in [0, 0.1) is 16.0 Å². The minimum absolute atomic E-state index is 0.00319.